The maximum atomic E-state index is 11.1. The van der Waals surface area contributed by atoms with Gasteiger partial charge in [-0.15, -0.1) is 0 Å². The normalized spacial score (nSPS) is 11.6. The predicted octanol–water partition coefficient (Wildman–Crippen LogP) is 1.75. The summed E-state index contributed by atoms with van der Waals surface area (Å²) in [6.07, 6.45) is 2.92. The van der Waals surface area contributed by atoms with E-state index in [9.17, 15) is 9.59 Å². The maximum Gasteiger partial charge on any atom is 0.327 e. The third-order valence-corrected chi connectivity index (χ3v) is 1.79. The van der Waals surface area contributed by atoms with Gasteiger partial charge in [-0.2, -0.15) is 0 Å². The molecule has 0 atom stereocenters. The van der Waals surface area contributed by atoms with Crippen molar-refractivity contribution in [3.8, 4) is 0 Å². The molecular weight excluding hydrogens is 184 g/mol. The first-order chi connectivity index (χ1) is 6.37. The molecule has 0 aromatic heterocycles. The van der Waals surface area contributed by atoms with Crippen molar-refractivity contribution in [3.63, 3.8) is 0 Å². The summed E-state index contributed by atoms with van der Waals surface area (Å²) >= 11 is 0. The third kappa shape index (κ3) is 6.22. The highest BCUT2D eigenvalue weighted by molar-refractivity contribution is 5.81. The molecule has 0 aliphatic rings. The second kappa shape index (κ2) is 5.42. The van der Waals surface area contributed by atoms with E-state index in [1.165, 1.54) is 6.08 Å². The van der Waals surface area contributed by atoms with Gasteiger partial charge in [0.15, 0.2) is 0 Å². The zero-order valence-electron chi connectivity index (χ0n) is 8.74. The van der Waals surface area contributed by atoms with Crippen LogP contribution in [0.3, 0.4) is 0 Å². The van der Waals surface area contributed by atoms with Gasteiger partial charge in [-0.05, 0) is 20.3 Å². The van der Waals surface area contributed by atoms with E-state index < -0.39 is 17.5 Å². The lowest BCUT2D eigenvalue weighted by Crippen LogP contribution is -2.26. The zero-order valence-corrected chi connectivity index (χ0v) is 8.74. The predicted molar refractivity (Wildman–Crippen MR) is 51.9 cm³/mol. The van der Waals surface area contributed by atoms with Crippen LogP contribution in [-0.2, 0) is 14.3 Å². The number of ether oxygens (including phenoxy) is 1. The van der Waals surface area contributed by atoms with Crippen LogP contribution in [0.4, 0.5) is 0 Å². The van der Waals surface area contributed by atoms with Crippen molar-refractivity contribution in [2.75, 3.05) is 0 Å². The number of carbonyl (C=O) groups excluding carboxylic acids is 1. The van der Waals surface area contributed by atoms with E-state index in [2.05, 4.69) is 0 Å². The Bertz CT molecular complexity index is 241. The van der Waals surface area contributed by atoms with Crippen LogP contribution in [0, 0.1) is 0 Å². The number of hydrogen-bond donors (Lipinski definition) is 1. The monoisotopic (exact) mass is 200 g/mol. The molecule has 0 aromatic carbocycles. The Morgan fingerprint density at radius 2 is 2.00 bits per heavy atom. The molecule has 1 N–H and O–H groups in total. The number of carboxylic acid groups (broad SMARTS) is 1. The molecule has 0 saturated carbocycles. The molecule has 0 spiro atoms. The molecule has 0 heterocycles. The lowest BCUT2D eigenvalue weighted by atomic mass is 10.1. The molecule has 4 nitrogen and oxygen atoms in total. The van der Waals surface area contributed by atoms with Crippen molar-refractivity contribution in [2.24, 2.45) is 0 Å². The van der Waals surface area contributed by atoms with Gasteiger partial charge < -0.3 is 9.84 Å². The zero-order chi connectivity index (χ0) is 11.2. The fraction of sp³-hybridized carbons (Fsp3) is 0.600. The fourth-order valence-corrected chi connectivity index (χ4v) is 0.678. The standard InChI is InChI=1S/C10H16O4/c1-4-10(2,3)14-9(13)7-5-6-8(11)12/h5-6H,4,7H2,1-3H3,(H,11,12)/b6-5+. The molecule has 4 heteroatoms. The summed E-state index contributed by atoms with van der Waals surface area (Å²) in [5.41, 5.74) is -0.478. The summed E-state index contributed by atoms with van der Waals surface area (Å²) in [5.74, 6) is -1.47. The van der Waals surface area contributed by atoms with Crippen molar-refractivity contribution >= 4 is 11.9 Å². The molecule has 0 aliphatic heterocycles. The van der Waals surface area contributed by atoms with Crippen LogP contribution >= 0.6 is 0 Å². The van der Waals surface area contributed by atoms with Crippen LogP contribution in [0.5, 0.6) is 0 Å². The molecule has 0 fully saturated rings. The average molecular weight is 200 g/mol. The quantitative estimate of drug-likeness (QED) is 0.542. The number of esters is 1. The molecule has 0 rings (SSSR count). The number of carbonyl (C=O) groups is 2. The molecular formula is C10H16O4. The SMILES string of the molecule is CCC(C)(C)OC(=O)C/C=C/C(=O)O. The van der Waals surface area contributed by atoms with E-state index in [1.807, 2.05) is 20.8 Å². The van der Waals surface area contributed by atoms with Crippen molar-refractivity contribution in [2.45, 2.75) is 39.2 Å². The van der Waals surface area contributed by atoms with Crippen LogP contribution in [-0.4, -0.2) is 22.6 Å². The van der Waals surface area contributed by atoms with E-state index in [0.717, 1.165) is 12.5 Å². The first-order valence-electron chi connectivity index (χ1n) is 4.48. The second-order valence-electron chi connectivity index (χ2n) is 3.53. The van der Waals surface area contributed by atoms with Crippen LogP contribution in [0.25, 0.3) is 0 Å². The topological polar surface area (TPSA) is 63.6 Å². The Balaban J connectivity index is 3.94. The highest BCUT2D eigenvalue weighted by atomic mass is 16.6. The molecule has 0 amide bonds. The first-order valence-corrected chi connectivity index (χ1v) is 4.48. The molecule has 0 aliphatic carbocycles. The summed E-state index contributed by atoms with van der Waals surface area (Å²) in [7, 11) is 0. The van der Waals surface area contributed by atoms with Crippen molar-refractivity contribution < 1.29 is 19.4 Å². The van der Waals surface area contributed by atoms with Crippen molar-refractivity contribution in [1.82, 2.24) is 0 Å². The van der Waals surface area contributed by atoms with Gasteiger partial charge in [0.2, 0.25) is 0 Å². The van der Waals surface area contributed by atoms with E-state index in [-0.39, 0.29) is 6.42 Å². The van der Waals surface area contributed by atoms with E-state index >= 15 is 0 Å². The van der Waals surface area contributed by atoms with Gasteiger partial charge in [-0.1, -0.05) is 13.0 Å². The number of carboxylic acids is 1. The summed E-state index contributed by atoms with van der Waals surface area (Å²) in [6.45, 7) is 5.54. The van der Waals surface area contributed by atoms with Crippen LogP contribution in [0.1, 0.15) is 33.6 Å². The molecule has 0 radical (unpaired) electrons. The van der Waals surface area contributed by atoms with Gasteiger partial charge in [0.05, 0.1) is 6.42 Å². The van der Waals surface area contributed by atoms with E-state index in [1.54, 1.807) is 0 Å². The van der Waals surface area contributed by atoms with Crippen LogP contribution < -0.4 is 0 Å². The minimum absolute atomic E-state index is 0.00424. The third-order valence-electron chi connectivity index (χ3n) is 1.79. The van der Waals surface area contributed by atoms with Gasteiger partial charge in [0, 0.05) is 6.08 Å². The number of hydrogen-bond acceptors (Lipinski definition) is 3. The molecule has 0 saturated heterocycles. The number of aliphatic carboxylic acids is 1. The van der Waals surface area contributed by atoms with Crippen molar-refractivity contribution in [3.05, 3.63) is 12.2 Å². The first kappa shape index (κ1) is 12.7. The fourth-order valence-electron chi connectivity index (χ4n) is 0.678. The van der Waals surface area contributed by atoms with Gasteiger partial charge in [-0.25, -0.2) is 4.79 Å². The Hall–Kier alpha value is -1.32. The summed E-state index contributed by atoms with van der Waals surface area (Å²) in [5, 5.41) is 8.27. The van der Waals surface area contributed by atoms with Crippen LogP contribution in [0.15, 0.2) is 12.2 Å². The minimum atomic E-state index is -1.06. The molecule has 14 heavy (non-hydrogen) atoms. The lowest BCUT2D eigenvalue weighted by molar-refractivity contribution is -0.155. The van der Waals surface area contributed by atoms with Gasteiger partial charge in [0.25, 0.3) is 0 Å². The van der Waals surface area contributed by atoms with E-state index in [0.29, 0.717) is 0 Å². The number of rotatable bonds is 5. The highest BCUT2D eigenvalue weighted by Gasteiger charge is 2.19. The lowest BCUT2D eigenvalue weighted by Gasteiger charge is -2.22. The summed E-state index contributed by atoms with van der Waals surface area (Å²) in [6, 6.07) is 0. The van der Waals surface area contributed by atoms with Crippen molar-refractivity contribution in [1.29, 1.82) is 0 Å². The maximum absolute atomic E-state index is 11.1. The molecule has 0 unspecified atom stereocenters. The Labute approximate surface area is 83.6 Å². The Morgan fingerprint density at radius 3 is 2.43 bits per heavy atom. The highest BCUT2D eigenvalue weighted by Crippen LogP contribution is 2.14. The largest absolute Gasteiger partial charge is 0.478 e. The van der Waals surface area contributed by atoms with Gasteiger partial charge >= 0.3 is 11.9 Å². The smallest absolute Gasteiger partial charge is 0.327 e. The van der Waals surface area contributed by atoms with Gasteiger partial charge in [0.1, 0.15) is 5.60 Å². The summed E-state index contributed by atoms with van der Waals surface area (Å²) in [4.78, 5) is 21.2. The molecule has 80 valence electrons. The molecule has 0 bridgehead atoms. The Kier molecular flexibility index (Phi) is 4.91. The Morgan fingerprint density at radius 1 is 1.43 bits per heavy atom. The average Bonchev–Trinajstić information content (AvgIpc) is 2.02. The van der Waals surface area contributed by atoms with Crippen LogP contribution in [0.2, 0.25) is 0 Å². The summed E-state index contributed by atoms with van der Waals surface area (Å²) < 4.78 is 5.09. The van der Waals surface area contributed by atoms with E-state index in [4.69, 9.17) is 9.84 Å². The second-order valence-corrected chi connectivity index (χ2v) is 3.53. The molecule has 0 aromatic rings. The van der Waals surface area contributed by atoms with Gasteiger partial charge in [-0.3, -0.25) is 4.79 Å². The minimum Gasteiger partial charge on any atom is -0.478 e.